The minimum atomic E-state index is -0.950. The highest BCUT2D eigenvalue weighted by Gasteiger charge is 2.28. The summed E-state index contributed by atoms with van der Waals surface area (Å²) in [4.78, 5) is 10.7. The van der Waals surface area contributed by atoms with E-state index in [1.165, 1.54) is 18.9 Å². The predicted molar refractivity (Wildman–Crippen MR) is 63.6 cm³/mol. The largest absolute Gasteiger partial charge is 0.478 e. The maximum atomic E-state index is 10.7. The van der Waals surface area contributed by atoms with E-state index in [4.69, 9.17) is 10.8 Å². The van der Waals surface area contributed by atoms with Crippen LogP contribution < -0.4 is 11.1 Å². The first-order chi connectivity index (χ1) is 7.58. The molecule has 86 valence electrons. The van der Waals surface area contributed by atoms with Gasteiger partial charge in [0, 0.05) is 6.04 Å². The summed E-state index contributed by atoms with van der Waals surface area (Å²) < 4.78 is 0. The average molecular weight is 220 g/mol. The zero-order chi connectivity index (χ0) is 11.7. The number of benzene rings is 1. The fraction of sp³-hybridized carbons (Fsp3) is 0.417. The molecular weight excluding hydrogens is 204 g/mol. The van der Waals surface area contributed by atoms with Gasteiger partial charge < -0.3 is 16.2 Å². The van der Waals surface area contributed by atoms with Crippen molar-refractivity contribution in [3.63, 3.8) is 0 Å². The molecule has 4 nitrogen and oxygen atoms in total. The molecular formula is C12H16N2O2. The third kappa shape index (κ3) is 2.27. The maximum Gasteiger partial charge on any atom is 0.335 e. The lowest BCUT2D eigenvalue weighted by Gasteiger charge is -2.16. The summed E-state index contributed by atoms with van der Waals surface area (Å²) in [5.41, 5.74) is 7.34. The van der Waals surface area contributed by atoms with Gasteiger partial charge in [-0.3, -0.25) is 0 Å². The van der Waals surface area contributed by atoms with Crippen LogP contribution in [0.3, 0.4) is 0 Å². The van der Waals surface area contributed by atoms with Crippen LogP contribution in [-0.4, -0.2) is 17.1 Å². The van der Waals surface area contributed by atoms with Gasteiger partial charge in [-0.1, -0.05) is 0 Å². The molecule has 0 bridgehead atoms. The topological polar surface area (TPSA) is 75.3 Å². The number of carboxylic acids is 1. The van der Waals surface area contributed by atoms with E-state index in [1.54, 1.807) is 12.1 Å². The molecule has 1 fully saturated rings. The van der Waals surface area contributed by atoms with Gasteiger partial charge in [-0.25, -0.2) is 4.79 Å². The molecule has 0 spiro atoms. The number of aromatic carboxylic acids is 1. The number of nitrogens with two attached hydrogens (primary N) is 1. The first-order valence-corrected chi connectivity index (χ1v) is 5.47. The van der Waals surface area contributed by atoms with Crippen LogP contribution in [0.1, 0.15) is 30.1 Å². The summed E-state index contributed by atoms with van der Waals surface area (Å²) in [6.45, 7) is 2.13. The molecule has 1 aromatic carbocycles. The lowest BCUT2D eigenvalue weighted by molar-refractivity contribution is 0.0697. The van der Waals surface area contributed by atoms with Gasteiger partial charge in [-0.05, 0) is 43.9 Å². The van der Waals surface area contributed by atoms with Crippen LogP contribution in [0.15, 0.2) is 18.2 Å². The summed E-state index contributed by atoms with van der Waals surface area (Å²) in [6, 6.07) is 5.20. The number of hydrogen-bond donors (Lipinski definition) is 3. The fourth-order valence-corrected chi connectivity index (χ4v) is 1.79. The summed E-state index contributed by atoms with van der Waals surface area (Å²) in [6.07, 6.45) is 2.53. The third-order valence-electron chi connectivity index (χ3n) is 3.01. The second kappa shape index (κ2) is 4.04. The van der Waals surface area contributed by atoms with Gasteiger partial charge in [0.25, 0.3) is 0 Å². The SMILES string of the molecule is CC(Nc1ccc(C(=O)O)cc1N)C1CC1. The molecule has 0 amide bonds. The summed E-state index contributed by atoms with van der Waals surface area (Å²) in [5, 5.41) is 12.1. The molecule has 1 aliphatic rings. The van der Waals surface area contributed by atoms with Crippen molar-refractivity contribution in [2.24, 2.45) is 5.92 Å². The second-order valence-electron chi connectivity index (χ2n) is 4.38. The highest BCUT2D eigenvalue weighted by Crippen LogP contribution is 2.34. The number of nitrogen functional groups attached to an aromatic ring is 1. The Hall–Kier alpha value is -1.71. The van der Waals surface area contributed by atoms with Crippen molar-refractivity contribution in [1.82, 2.24) is 0 Å². The quantitative estimate of drug-likeness (QED) is 0.680. The van der Waals surface area contributed by atoms with Crippen molar-refractivity contribution in [3.05, 3.63) is 23.8 Å². The Morgan fingerprint density at radius 1 is 1.56 bits per heavy atom. The Morgan fingerprint density at radius 3 is 2.75 bits per heavy atom. The summed E-state index contributed by atoms with van der Waals surface area (Å²) in [5.74, 6) is -0.216. The molecule has 2 rings (SSSR count). The normalized spacial score (nSPS) is 16.8. The minimum absolute atomic E-state index is 0.224. The Bertz CT molecular complexity index is 413. The summed E-state index contributed by atoms with van der Waals surface area (Å²) in [7, 11) is 0. The molecule has 16 heavy (non-hydrogen) atoms. The van der Waals surface area contributed by atoms with Crippen molar-refractivity contribution >= 4 is 17.3 Å². The number of carboxylic acid groups (broad SMARTS) is 1. The number of nitrogens with one attached hydrogen (secondary N) is 1. The van der Waals surface area contributed by atoms with Crippen LogP contribution >= 0.6 is 0 Å². The van der Waals surface area contributed by atoms with E-state index in [9.17, 15) is 4.79 Å². The van der Waals surface area contributed by atoms with Gasteiger partial charge in [-0.2, -0.15) is 0 Å². The van der Waals surface area contributed by atoms with Crippen molar-refractivity contribution in [1.29, 1.82) is 0 Å². The van der Waals surface area contributed by atoms with E-state index in [0.717, 1.165) is 11.6 Å². The number of anilines is 2. The maximum absolute atomic E-state index is 10.7. The van der Waals surface area contributed by atoms with Gasteiger partial charge in [0.05, 0.1) is 16.9 Å². The van der Waals surface area contributed by atoms with Crippen LogP contribution in [0, 0.1) is 5.92 Å². The Balaban J connectivity index is 2.12. The van der Waals surface area contributed by atoms with Crippen molar-refractivity contribution in [2.45, 2.75) is 25.8 Å². The molecule has 4 heteroatoms. The van der Waals surface area contributed by atoms with Crippen LogP contribution in [-0.2, 0) is 0 Å². The molecule has 1 aromatic rings. The van der Waals surface area contributed by atoms with Crippen molar-refractivity contribution < 1.29 is 9.90 Å². The van der Waals surface area contributed by atoms with Gasteiger partial charge >= 0.3 is 5.97 Å². The highest BCUT2D eigenvalue weighted by atomic mass is 16.4. The van der Waals surface area contributed by atoms with Crippen LogP contribution in [0.2, 0.25) is 0 Å². The van der Waals surface area contributed by atoms with Crippen molar-refractivity contribution in [3.8, 4) is 0 Å². The van der Waals surface area contributed by atoms with Gasteiger partial charge in [0.15, 0.2) is 0 Å². The van der Waals surface area contributed by atoms with Crippen LogP contribution in [0.5, 0.6) is 0 Å². The van der Waals surface area contributed by atoms with Crippen molar-refractivity contribution in [2.75, 3.05) is 11.1 Å². The average Bonchev–Trinajstić information content (AvgIpc) is 3.03. The number of rotatable bonds is 4. The van der Waals surface area contributed by atoms with Crippen LogP contribution in [0.4, 0.5) is 11.4 Å². The lowest BCUT2D eigenvalue weighted by atomic mass is 10.1. The van der Waals surface area contributed by atoms with E-state index in [1.807, 2.05) is 0 Å². The standard InChI is InChI=1S/C12H16N2O2/c1-7(8-2-3-8)14-11-5-4-9(12(15)16)6-10(11)13/h4-8,14H,2-3,13H2,1H3,(H,15,16). The molecule has 0 aromatic heterocycles. The fourth-order valence-electron chi connectivity index (χ4n) is 1.79. The first kappa shape index (κ1) is 10.8. The first-order valence-electron chi connectivity index (χ1n) is 5.47. The highest BCUT2D eigenvalue weighted by molar-refractivity contribution is 5.90. The van der Waals surface area contributed by atoms with Gasteiger partial charge in [0.2, 0.25) is 0 Å². The molecule has 1 unspecified atom stereocenters. The third-order valence-corrected chi connectivity index (χ3v) is 3.01. The van der Waals surface area contributed by atoms with E-state index in [2.05, 4.69) is 12.2 Å². The number of hydrogen-bond acceptors (Lipinski definition) is 3. The zero-order valence-electron chi connectivity index (χ0n) is 9.23. The zero-order valence-corrected chi connectivity index (χ0v) is 9.23. The molecule has 0 aliphatic heterocycles. The predicted octanol–water partition coefficient (Wildman–Crippen LogP) is 2.18. The number of carbonyl (C=O) groups is 1. The second-order valence-corrected chi connectivity index (χ2v) is 4.38. The monoisotopic (exact) mass is 220 g/mol. The van der Waals surface area contributed by atoms with Gasteiger partial charge in [0.1, 0.15) is 0 Å². The van der Waals surface area contributed by atoms with Crippen LogP contribution in [0.25, 0.3) is 0 Å². The van der Waals surface area contributed by atoms with E-state index < -0.39 is 5.97 Å². The molecule has 0 radical (unpaired) electrons. The lowest BCUT2D eigenvalue weighted by Crippen LogP contribution is -2.18. The Morgan fingerprint density at radius 2 is 2.25 bits per heavy atom. The molecule has 1 atom stereocenters. The molecule has 4 N–H and O–H groups in total. The molecule has 1 aliphatic carbocycles. The smallest absolute Gasteiger partial charge is 0.335 e. The van der Waals surface area contributed by atoms with E-state index >= 15 is 0 Å². The molecule has 1 saturated carbocycles. The Kier molecular flexibility index (Phi) is 2.73. The molecule has 0 heterocycles. The van der Waals surface area contributed by atoms with E-state index in [-0.39, 0.29) is 5.56 Å². The summed E-state index contributed by atoms with van der Waals surface area (Å²) >= 11 is 0. The minimum Gasteiger partial charge on any atom is -0.478 e. The molecule has 0 saturated heterocycles. The van der Waals surface area contributed by atoms with E-state index in [0.29, 0.717) is 11.7 Å². The van der Waals surface area contributed by atoms with Gasteiger partial charge in [-0.15, -0.1) is 0 Å². The Labute approximate surface area is 94.5 Å².